The first-order chi connectivity index (χ1) is 14.2. The quantitative estimate of drug-likeness (QED) is 0.562. The zero-order valence-electron chi connectivity index (χ0n) is 16.1. The number of aromatic amines is 1. The lowest BCUT2D eigenvalue weighted by atomic mass is 10.1. The summed E-state index contributed by atoms with van der Waals surface area (Å²) in [6.07, 6.45) is 1.66. The van der Waals surface area contributed by atoms with E-state index < -0.39 is 0 Å². The fourth-order valence-electron chi connectivity index (χ4n) is 3.80. The number of hydrogen-bond donors (Lipinski definition) is 2. The van der Waals surface area contributed by atoms with E-state index in [1.165, 1.54) is 11.8 Å². The summed E-state index contributed by atoms with van der Waals surface area (Å²) in [4.78, 5) is 11.4. The van der Waals surface area contributed by atoms with Crippen LogP contribution in [0.25, 0.3) is 33.7 Å². The minimum atomic E-state index is -0.324. The third-order valence-corrected chi connectivity index (χ3v) is 5.37. The Bertz CT molecular complexity index is 1140. The van der Waals surface area contributed by atoms with Crippen LogP contribution in [0.5, 0.6) is 0 Å². The minimum Gasteiger partial charge on any atom is -0.369 e. The molecule has 0 saturated carbocycles. The molecule has 0 aliphatic carbocycles. The van der Waals surface area contributed by atoms with Gasteiger partial charge in [0.15, 0.2) is 5.82 Å². The maximum Gasteiger partial charge on any atom is 0.163 e. The van der Waals surface area contributed by atoms with Crippen molar-refractivity contribution >= 4 is 16.7 Å². The molecule has 0 spiro atoms. The molecule has 0 radical (unpaired) electrons. The van der Waals surface area contributed by atoms with Gasteiger partial charge in [-0.25, -0.2) is 14.4 Å². The Morgan fingerprint density at radius 3 is 2.59 bits per heavy atom. The molecule has 7 heteroatoms. The highest BCUT2D eigenvalue weighted by molar-refractivity contribution is 5.90. The van der Waals surface area contributed by atoms with Gasteiger partial charge < -0.3 is 10.2 Å². The van der Waals surface area contributed by atoms with Crippen LogP contribution in [0.1, 0.15) is 5.56 Å². The second kappa shape index (κ2) is 7.25. The second-order valence-corrected chi connectivity index (χ2v) is 7.24. The monoisotopic (exact) mass is 388 g/mol. The summed E-state index contributed by atoms with van der Waals surface area (Å²) in [5, 5.41) is 10.8. The predicted molar refractivity (Wildman–Crippen MR) is 112 cm³/mol. The zero-order valence-corrected chi connectivity index (χ0v) is 16.1. The molecule has 4 aromatic rings. The summed E-state index contributed by atoms with van der Waals surface area (Å²) >= 11 is 0. The average Bonchev–Trinajstić information content (AvgIpc) is 3.18. The number of halogens is 1. The summed E-state index contributed by atoms with van der Waals surface area (Å²) in [7, 11) is 0. The number of rotatable bonds is 3. The van der Waals surface area contributed by atoms with E-state index in [0.717, 1.165) is 48.5 Å². The maximum atomic E-state index is 14.4. The van der Waals surface area contributed by atoms with Crippen molar-refractivity contribution in [2.45, 2.75) is 6.92 Å². The molecule has 2 N–H and O–H groups in total. The van der Waals surface area contributed by atoms with E-state index in [0.29, 0.717) is 16.9 Å². The van der Waals surface area contributed by atoms with E-state index in [-0.39, 0.29) is 5.82 Å². The lowest BCUT2D eigenvalue weighted by molar-refractivity contribution is 0.589. The maximum absolute atomic E-state index is 14.4. The molecule has 29 heavy (non-hydrogen) atoms. The van der Waals surface area contributed by atoms with E-state index in [4.69, 9.17) is 0 Å². The van der Waals surface area contributed by atoms with Crippen LogP contribution in [0.15, 0.2) is 48.7 Å². The van der Waals surface area contributed by atoms with Crippen LogP contribution in [0, 0.1) is 12.7 Å². The molecular weight excluding hydrogens is 367 g/mol. The van der Waals surface area contributed by atoms with E-state index in [9.17, 15) is 4.39 Å². The minimum absolute atomic E-state index is 0.324. The van der Waals surface area contributed by atoms with Crippen LogP contribution in [0.4, 0.5) is 10.1 Å². The highest BCUT2D eigenvalue weighted by Crippen LogP contribution is 2.30. The van der Waals surface area contributed by atoms with Gasteiger partial charge in [0.05, 0.1) is 11.8 Å². The lowest BCUT2D eigenvalue weighted by Gasteiger charge is -2.29. The molecule has 5 rings (SSSR count). The number of H-pyrrole nitrogens is 1. The van der Waals surface area contributed by atoms with Crippen LogP contribution in [-0.2, 0) is 0 Å². The smallest absolute Gasteiger partial charge is 0.163 e. The van der Waals surface area contributed by atoms with Crippen molar-refractivity contribution in [3.63, 3.8) is 0 Å². The first-order valence-corrected chi connectivity index (χ1v) is 9.73. The first-order valence-electron chi connectivity index (χ1n) is 9.73. The van der Waals surface area contributed by atoms with Crippen LogP contribution in [0.3, 0.4) is 0 Å². The third-order valence-electron chi connectivity index (χ3n) is 5.37. The largest absolute Gasteiger partial charge is 0.369 e. The zero-order chi connectivity index (χ0) is 19.8. The lowest BCUT2D eigenvalue weighted by Crippen LogP contribution is -2.43. The standard InChI is InChI=1S/C22H21FN6/c1-14-3-2-4-17(23)19(14)22-25-13-18-21(26-22)20(28-27-18)15-5-7-16(8-6-15)29-11-9-24-10-12-29/h2-8,13,24H,9-12H2,1H3,(H,27,28). The Labute approximate surface area is 167 Å². The number of aromatic nitrogens is 4. The molecule has 6 nitrogen and oxygen atoms in total. The molecule has 2 aromatic carbocycles. The molecule has 0 bridgehead atoms. The van der Waals surface area contributed by atoms with E-state index in [1.54, 1.807) is 12.3 Å². The van der Waals surface area contributed by atoms with Gasteiger partial charge in [-0.1, -0.05) is 24.3 Å². The Hall–Kier alpha value is -3.32. The van der Waals surface area contributed by atoms with Gasteiger partial charge in [0.1, 0.15) is 22.5 Å². The summed E-state index contributed by atoms with van der Waals surface area (Å²) in [6.45, 7) is 5.87. The molecule has 1 aliphatic rings. The van der Waals surface area contributed by atoms with E-state index in [2.05, 4.69) is 54.6 Å². The number of piperazine rings is 1. The molecule has 0 unspecified atom stereocenters. The Morgan fingerprint density at radius 2 is 1.83 bits per heavy atom. The number of anilines is 1. The second-order valence-electron chi connectivity index (χ2n) is 7.24. The van der Waals surface area contributed by atoms with Gasteiger partial charge in [0.25, 0.3) is 0 Å². The molecule has 1 saturated heterocycles. The van der Waals surface area contributed by atoms with Gasteiger partial charge in [-0.05, 0) is 30.7 Å². The van der Waals surface area contributed by atoms with Crippen molar-refractivity contribution in [2.24, 2.45) is 0 Å². The van der Waals surface area contributed by atoms with Crippen LogP contribution in [0.2, 0.25) is 0 Å². The summed E-state index contributed by atoms with van der Waals surface area (Å²) in [6, 6.07) is 13.3. The van der Waals surface area contributed by atoms with Crippen LogP contribution >= 0.6 is 0 Å². The SMILES string of the molecule is Cc1cccc(F)c1-c1ncc2[nH]nc(-c3ccc(N4CCNCC4)cc3)c2n1. The number of aryl methyl sites for hydroxylation is 1. The number of hydrogen-bond acceptors (Lipinski definition) is 5. The molecule has 1 fully saturated rings. The van der Waals surface area contributed by atoms with Gasteiger partial charge in [-0.15, -0.1) is 0 Å². The third kappa shape index (κ3) is 3.23. The Kier molecular flexibility index (Phi) is 4.44. The van der Waals surface area contributed by atoms with Gasteiger partial charge in [-0.2, -0.15) is 5.10 Å². The van der Waals surface area contributed by atoms with Crippen LogP contribution < -0.4 is 10.2 Å². The topological polar surface area (TPSA) is 69.7 Å². The highest BCUT2D eigenvalue weighted by atomic mass is 19.1. The number of benzene rings is 2. The summed E-state index contributed by atoms with van der Waals surface area (Å²) in [5.74, 6) is 0.0444. The molecule has 0 atom stereocenters. The molecule has 2 aromatic heterocycles. The fourth-order valence-corrected chi connectivity index (χ4v) is 3.80. The van der Waals surface area contributed by atoms with Gasteiger partial charge >= 0.3 is 0 Å². The molecule has 146 valence electrons. The first kappa shape index (κ1) is 17.8. The highest BCUT2D eigenvalue weighted by Gasteiger charge is 2.16. The normalized spacial score (nSPS) is 14.5. The number of fused-ring (bicyclic) bond motifs is 1. The Balaban J connectivity index is 1.54. The Morgan fingerprint density at radius 1 is 1.03 bits per heavy atom. The van der Waals surface area contributed by atoms with Crippen molar-refractivity contribution in [3.8, 4) is 22.6 Å². The molecule has 3 heterocycles. The van der Waals surface area contributed by atoms with Crippen molar-refractivity contribution in [1.29, 1.82) is 0 Å². The van der Waals surface area contributed by atoms with E-state index in [1.807, 2.05) is 13.0 Å². The van der Waals surface area contributed by atoms with Gasteiger partial charge in [-0.3, -0.25) is 5.10 Å². The van der Waals surface area contributed by atoms with Crippen molar-refractivity contribution < 1.29 is 4.39 Å². The fraction of sp³-hybridized carbons (Fsp3) is 0.227. The summed E-state index contributed by atoms with van der Waals surface area (Å²) in [5.41, 5.74) is 5.55. The predicted octanol–water partition coefficient (Wildman–Crippen LogP) is 3.54. The van der Waals surface area contributed by atoms with Crippen molar-refractivity contribution in [1.82, 2.24) is 25.5 Å². The van der Waals surface area contributed by atoms with Crippen molar-refractivity contribution in [2.75, 3.05) is 31.1 Å². The van der Waals surface area contributed by atoms with Gasteiger partial charge in [0, 0.05) is 37.4 Å². The van der Waals surface area contributed by atoms with Gasteiger partial charge in [0.2, 0.25) is 0 Å². The molecule has 1 aliphatic heterocycles. The van der Waals surface area contributed by atoms with Crippen LogP contribution in [-0.4, -0.2) is 46.3 Å². The van der Waals surface area contributed by atoms with Crippen molar-refractivity contribution in [3.05, 3.63) is 60.0 Å². The summed E-state index contributed by atoms with van der Waals surface area (Å²) < 4.78 is 14.4. The molecular formula is C22H21FN6. The van der Waals surface area contributed by atoms with E-state index >= 15 is 0 Å². The average molecular weight is 388 g/mol. The molecule has 0 amide bonds. The number of nitrogens with one attached hydrogen (secondary N) is 2. The number of nitrogens with zero attached hydrogens (tertiary/aromatic N) is 4.